The molecule has 0 bridgehead atoms. The second-order valence-corrected chi connectivity index (χ2v) is 5.95. The Labute approximate surface area is 160 Å². The van der Waals surface area contributed by atoms with E-state index in [-0.39, 0.29) is 11.6 Å². The molecule has 0 saturated carbocycles. The smallest absolute Gasteiger partial charge is 0.244 e. The van der Waals surface area contributed by atoms with Gasteiger partial charge in [-0.15, -0.1) is 0 Å². The molecule has 1 heterocycles. The second kappa shape index (κ2) is 8.85. The Morgan fingerprint density at radius 2 is 2.04 bits per heavy atom. The van der Waals surface area contributed by atoms with Gasteiger partial charge in [0.25, 0.3) is 0 Å². The predicted molar refractivity (Wildman–Crippen MR) is 100 cm³/mol. The summed E-state index contributed by atoms with van der Waals surface area (Å²) in [5.41, 5.74) is 0.944. The largest absolute Gasteiger partial charge is 0.437 e. The van der Waals surface area contributed by atoms with Crippen LogP contribution in [-0.2, 0) is 4.79 Å². The van der Waals surface area contributed by atoms with Gasteiger partial charge in [-0.2, -0.15) is 0 Å². The first kappa shape index (κ1) is 19.2. The summed E-state index contributed by atoms with van der Waals surface area (Å²) in [7, 11) is 0. The highest BCUT2D eigenvalue weighted by atomic mass is 19.1. The van der Waals surface area contributed by atoms with Crippen LogP contribution in [0, 0.1) is 11.6 Å². The Kier molecular flexibility index (Phi) is 6.06. The van der Waals surface area contributed by atoms with Crippen molar-refractivity contribution in [3.05, 3.63) is 89.9 Å². The fraction of sp³-hybridized carbons (Fsp3) is 0.0952. The highest BCUT2D eigenvalue weighted by molar-refractivity contribution is 5.92. The number of rotatable bonds is 6. The van der Waals surface area contributed by atoms with Crippen LogP contribution in [0.4, 0.5) is 8.78 Å². The van der Waals surface area contributed by atoms with Crippen LogP contribution in [0.3, 0.4) is 0 Å². The number of ether oxygens (including phenoxy) is 1. The summed E-state index contributed by atoms with van der Waals surface area (Å²) in [5, 5.41) is 2.78. The van der Waals surface area contributed by atoms with Crippen LogP contribution in [0.25, 0.3) is 6.08 Å². The Morgan fingerprint density at radius 3 is 2.79 bits per heavy atom. The molecule has 0 fully saturated rings. The summed E-state index contributed by atoms with van der Waals surface area (Å²) in [6.07, 6.45) is 7.07. The van der Waals surface area contributed by atoms with E-state index < -0.39 is 17.5 Å². The Bertz CT molecular complexity index is 994. The van der Waals surface area contributed by atoms with Crippen molar-refractivity contribution in [2.75, 3.05) is 0 Å². The summed E-state index contributed by atoms with van der Waals surface area (Å²) in [4.78, 5) is 20.1. The van der Waals surface area contributed by atoms with Crippen molar-refractivity contribution in [2.24, 2.45) is 0 Å². The maximum atomic E-state index is 13.6. The molecule has 5 nitrogen and oxygen atoms in total. The van der Waals surface area contributed by atoms with Crippen LogP contribution >= 0.6 is 0 Å². The quantitative estimate of drug-likeness (QED) is 0.641. The van der Waals surface area contributed by atoms with Gasteiger partial charge in [0.05, 0.1) is 12.2 Å². The van der Waals surface area contributed by atoms with E-state index in [9.17, 15) is 13.6 Å². The minimum Gasteiger partial charge on any atom is -0.437 e. The van der Waals surface area contributed by atoms with Gasteiger partial charge in [0, 0.05) is 30.1 Å². The van der Waals surface area contributed by atoms with E-state index in [4.69, 9.17) is 4.74 Å². The zero-order chi connectivity index (χ0) is 19.9. The number of aromatic nitrogens is 2. The molecule has 142 valence electrons. The fourth-order valence-electron chi connectivity index (χ4n) is 2.45. The third kappa shape index (κ3) is 5.20. The van der Waals surface area contributed by atoms with Gasteiger partial charge in [-0.1, -0.05) is 12.1 Å². The maximum absolute atomic E-state index is 13.6. The standard InChI is InChI=1S/C21H17F2N3O2/c1-14(26-20(27)8-6-15-5-7-17(22)12-19(15)23)16-3-2-4-18(11-16)28-21-13-24-9-10-25-21/h2-14H,1H3,(H,26,27)/b8-6+. The molecule has 0 radical (unpaired) electrons. The van der Waals surface area contributed by atoms with Gasteiger partial charge >= 0.3 is 0 Å². The number of benzene rings is 2. The molecular formula is C21H17F2N3O2. The van der Waals surface area contributed by atoms with Crippen molar-refractivity contribution < 1.29 is 18.3 Å². The molecule has 0 aliphatic carbocycles. The molecule has 1 amide bonds. The lowest BCUT2D eigenvalue weighted by Crippen LogP contribution is -2.24. The SMILES string of the molecule is CC(NC(=O)/C=C/c1ccc(F)cc1F)c1cccc(Oc2cnccn2)c1. The minimum absolute atomic E-state index is 0.128. The molecule has 7 heteroatoms. The average molecular weight is 381 g/mol. The summed E-state index contributed by atoms with van der Waals surface area (Å²) in [6.45, 7) is 1.81. The molecule has 28 heavy (non-hydrogen) atoms. The van der Waals surface area contributed by atoms with Crippen LogP contribution in [-0.4, -0.2) is 15.9 Å². The number of carbonyl (C=O) groups excluding carboxylic acids is 1. The number of hydrogen-bond acceptors (Lipinski definition) is 4. The molecule has 2 aromatic carbocycles. The number of nitrogens with one attached hydrogen (secondary N) is 1. The van der Waals surface area contributed by atoms with E-state index in [2.05, 4.69) is 15.3 Å². The zero-order valence-electron chi connectivity index (χ0n) is 15.0. The molecule has 3 aromatic rings. The van der Waals surface area contributed by atoms with E-state index in [0.717, 1.165) is 17.7 Å². The van der Waals surface area contributed by atoms with Crippen LogP contribution in [0.5, 0.6) is 11.6 Å². The lowest BCUT2D eigenvalue weighted by molar-refractivity contribution is -0.117. The lowest BCUT2D eigenvalue weighted by Gasteiger charge is -2.14. The van der Waals surface area contributed by atoms with Crippen molar-refractivity contribution in [1.82, 2.24) is 15.3 Å². The highest BCUT2D eigenvalue weighted by Gasteiger charge is 2.10. The number of amides is 1. The first-order chi connectivity index (χ1) is 13.5. The Hall–Kier alpha value is -3.61. The molecule has 3 rings (SSSR count). The minimum atomic E-state index is -0.731. The number of halogens is 2. The van der Waals surface area contributed by atoms with Crippen molar-refractivity contribution in [1.29, 1.82) is 0 Å². The Balaban J connectivity index is 1.63. The van der Waals surface area contributed by atoms with Crippen LogP contribution < -0.4 is 10.1 Å². The maximum Gasteiger partial charge on any atom is 0.244 e. The normalized spacial score (nSPS) is 12.0. The molecule has 0 aliphatic heterocycles. The second-order valence-electron chi connectivity index (χ2n) is 5.95. The molecule has 1 unspecified atom stereocenters. The van der Waals surface area contributed by atoms with E-state index in [1.165, 1.54) is 30.6 Å². The van der Waals surface area contributed by atoms with Crippen molar-refractivity contribution >= 4 is 12.0 Å². The number of carbonyl (C=O) groups is 1. The topological polar surface area (TPSA) is 64.1 Å². The van der Waals surface area contributed by atoms with Gasteiger partial charge in [-0.05, 0) is 42.8 Å². The Morgan fingerprint density at radius 1 is 1.18 bits per heavy atom. The van der Waals surface area contributed by atoms with Crippen molar-refractivity contribution in [2.45, 2.75) is 13.0 Å². The summed E-state index contributed by atoms with van der Waals surface area (Å²) in [6, 6.07) is 10.0. The van der Waals surface area contributed by atoms with Crippen LogP contribution in [0.1, 0.15) is 24.1 Å². The zero-order valence-corrected chi connectivity index (χ0v) is 15.0. The first-order valence-electron chi connectivity index (χ1n) is 8.49. The third-order valence-electron chi connectivity index (χ3n) is 3.86. The van der Waals surface area contributed by atoms with Crippen molar-refractivity contribution in [3.63, 3.8) is 0 Å². The van der Waals surface area contributed by atoms with E-state index in [1.54, 1.807) is 24.4 Å². The predicted octanol–water partition coefficient (Wildman–Crippen LogP) is 4.44. The van der Waals surface area contributed by atoms with Gasteiger partial charge in [0.1, 0.15) is 17.4 Å². The average Bonchev–Trinajstić information content (AvgIpc) is 2.68. The molecule has 0 saturated heterocycles. The third-order valence-corrected chi connectivity index (χ3v) is 3.86. The van der Waals surface area contributed by atoms with Gasteiger partial charge < -0.3 is 10.1 Å². The van der Waals surface area contributed by atoms with E-state index in [1.807, 2.05) is 13.0 Å². The summed E-state index contributed by atoms with van der Waals surface area (Å²) >= 11 is 0. The lowest BCUT2D eigenvalue weighted by atomic mass is 10.1. The van der Waals surface area contributed by atoms with Crippen molar-refractivity contribution in [3.8, 4) is 11.6 Å². The van der Waals surface area contributed by atoms with E-state index in [0.29, 0.717) is 11.6 Å². The molecule has 1 atom stereocenters. The monoisotopic (exact) mass is 381 g/mol. The van der Waals surface area contributed by atoms with Gasteiger partial charge in [0.2, 0.25) is 11.8 Å². The molecule has 1 aromatic heterocycles. The molecular weight excluding hydrogens is 364 g/mol. The van der Waals surface area contributed by atoms with Crippen LogP contribution in [0.2, 0.25) is 0 Å². The summed E-state index contributed by atoms with van der Waals surface area (Å²) in [5.74, 6) is -0.887. The number of hydrogen-bond donors (Lipinski definition) is 1. The van der Waals surface area contributed by atoms with E-state index >= 15 is 0 Å². The van der Waals surface area contributed by atoms with Gasteiger partial charge in [-0.3, -0.25) is 9.78 Å². The van der Waals surface area contributed by atoms with Gasteiger partial charge in [-0.25, -0.2) is 13.8 Å². The molecule has 0 aliphatic rings. The van der Waals surface area contributed by atoms with Gasteiger partial charge in [0.15, 0.2) is 0 Å². The summed E-state index contributed by atoms with van der Waals surface area (Å²) < 4.78 is 32.2. The first-order valence-corrected chi connectivity index (χ1v) is 8.49. The highest BCUT2D eigenvalue weighted by Crippen LogP contribution is 2.23. The molecule has 1 N–H and O–H groups in total. The van der Waals surface area contributed by atoms with Crippen LogP contribution in [0.15, 0.2) is 67.1 Å². The number of nitrogens with zero attached hydrogens (tertiary/aromatic N) is 2. The molecule has 0 spiro atoms. The fourth-order valence-corrected chi connectivity index (χ4v) is 2.45.